The van der Waals surface area contributed by atoms with Crippen molar-refractivity contribution >= 4 is 12.1 Å². The molecule has 36 heavy (non-hydrogen) atoms. The topological polar surface area (TPSA) is 109 Å². The molecule has 8 nitrogen and oxygen atoms in total. The van der Waals surface area contributed by atoms with Crippen LogP contribution in [0.5, 0.6) is 5.75 Å². The van der Waals surface area contributed by atoms with Gasteiger partial charge in [0.05, 0.1) is 24.7 Å². The van der Waals surface area contributed by atoms with Gasteiger partial charge in [0, 0.05) is 6.04 Å². The molecule has 1 saturated heterocycles. The third-order valence-corrected chi connectivity index (χ3v) is 6.69. The van der Waals surface area contributed by atoms with Gasteiger partial charge in [0.25, 0.3) is 0 Å². The second kappa shape index (κ2) is 13.2. The quantitative estimate of drug-likeness (QED) is 0.498. The fourth-order valence-electron chi connectivity index (χ4n) is 4.77. The van der Waals surface area contributed by atoms with Gasteiger partial charge in [0.2, 0.25) is 0 Å². The van der Waals surface area contributed by atoms with Crippen LogP contribution in [0.2, 0.25) is 0 Å². The van der Waals surface area contributed by atoms with Gasteiger partial charge >= 0.3 is 25.0 Å². The van der Waals surface area contributed by atoms with Gasteiger partial charge in [-0.25, -0.2) is 4.79 Å². The fourth-order valence-corrected chi connectivity index (χ4v) is 4.77. The molecule has 1 aliphatic carbocycles. The number of ether oxygens (including phenoxy) is 3. The van der Waals surface area contributed by atoms with E-state index in [0.717, 1.165) is 50.6 Å². The summed E-state index contributed by atoms with van der Waals surface area (Å²) in [5.74, 6) is -0.341. The van der Waals surface area contributed by atoms with E-state index in [1.165, 1.54) is 13.8 Å². The Hall–Kier alpha value is -1.72. The average Bonchev–Trinajstić information content (AvgIpc) is 2.78. The molecule has 1 aromatic carbocycles. The largest absolute Gasteiger partial charge is 1.00 e. The molecule has 2 atom stereocenters. The van der Waals surface area contributed by atoms with Gasteiger partial charge in [-0.3, -0.25) is 0 Å². The van der Waals surface area contributed by atoms with Crippen LogP contribution in [0.3, 0.4) is 0 Å². The Kier molecular flexibility index (Phi) is 11.2. The predicted molar refractivity (Wildman–Crippen MR) is 131 cm³/mol. The first-order chi connectivity index (χ1) is 16.4. The molecule has 0 aromatic heterocycles. The van der Waals surface area contributed by atoms with Gasteiger partial charge in [-0.15, -0.1) is 0 Å². The van der Waals surface area contributed by atoms with E-state index >= 15 is 0 Å². The molecule has 0 spiro atoms. The summed E-state index contributed by atoms with van der Waals surface area (Å²) in [5.41, 5.74) is -0.885. The van der Waals surface area contributed by atoms with Crippen molar-refractivity contribution < 1.29 is 47.8 Å². The Morgan fingerprint density at radius 1 is 1.06 bits per heavy atom. The SMILES string of the molecule is CC(C)(C)OC(=O)NC1CCCN[C@H]1COC1CCC(c2ccccc2OC(C)(C)C(=O)[O-])CC1.[Li+]. The second-order valence-corrected chi connectivity index (χ2v) is 11.2. The zero-order chi connectivity index (χ0) is 25.6. The minimum atomic E-state index is -1.40. The molecule has 196 valence electrons. The number of carboxylic acid groups (broad SMARTS) is 1. The molecule has 2 N–H and O–H groups in total. The molecule has 0 radical (unpaired) electrons. The van der Waals surface area contributed by atoms with Crippen LogP contribution in [0.1, 0.15) is 84.6 Å². The summed E-state index contributed by atoms with van der Waals surface area (Å²) in [5, 5.41) is 17.9. The number of aliphatic carboxylic acids is 1. The maximum Gasteiger partial charge on any atom is 1.00 e. The molecule has 2 fully saturated rings. The van der Waals surface area contributed by atoms with E-state index in [1.807, 2.05) is 45.0 Å². The number of benzene rings is 1. The molecule has 2 aliphatic rings. The minimum absolute atomic E-state index is 0. The number of nitrogens with one attached hydrogen (secondary N) is 2. The van der Waals surface area contributed by atoms with E-state index in [9.17, 15) is 14.7 Å². The third kappa shape index (κ3) is 8.99. The average molecular weight is 497 g/mol. The number of alkyl carbamates (subject to hydrolysis) is 1. The number of amides is 1. The molecule has 1 amide bonds. The molecule has 1 aliphatic heterocycles. The number of rotatable bonds is 8. The first kappa shape index (κ1) is 30.5. The summed E-state index contributed by atoms with van der Waals surface area (Å²) < 4.78 is 17.5. The van der Waals surface area contributed by atoms with Crippen LogP contribution in [0.4, 0.5) is 4.79 Å². The zero-order valence-corrected chi connectivity index (χ0v) is 22.7. The summed E-state index contributed by atoms with van der Waals surface area (Å²) in [7, 11) is 0. The summed E-state index contributed by atoms with van der Waals surface area (Å²) in [6, 6.07) is 7.70. The Balaban J connectivity index is 0.00000456. The molecule has 1 saturated carbocycles. The van der Waals surface area contributed by atoms with Crippen molar-refractivity contribution in [3.63, 3.8) is 0 Å². The Morgan fingerprint density at radius 2 is 1.72 bits per heavy atom. The van der Waals surface area contributed by atoms with E-state index in [-0.39, 0.29) is 49.1 Å². The smallest absolute Gasteiger partial charge is 0.546 e. The van der Waals surface area contributed by atoms with Crippen LogP contribution in [0.25, 0.3) is 0 Å². The van der Waals surface area contributed by atoms with Crippen LogP contribution in [-0.4, -0.2) is 54.6 Å². The van der Waals surface area contributed by atoms with Crippen LogP contribution in [-0.2, 0) is 14.3 Å². The number of carboxylic acids is 1. The first-order valence-corrected chi connectivity index (χ1v) is 12.8. The van der Waals surface area contributed by atoms with Gasteiger partial charge in [-0.2, -0.15) is 0 Å². The maximum absolute atomic E-state index is 12.3. The maximum atomic E-state index is 12.3. The van der Waals surface area contributed by atoms with Crippen molar-refractivity contribution in [2.75, 3.05) is 13.2 Å². The van der Waals surface area contributed by atoms with E-state index < -0.39 is 17.2 Å². The number of carbonyl (C=O) groups excluding carboxylic acids is 2. The van der Waals surface area contributed by atoms with Gasteiger partial charge in [-0.1, -0.05) is 18.2 Å². The fraction of sp³-hybridized carbons (Fsp3) is 0.704. The van der Waals surface area contributed by atoms with E-state index in [0.29, 0.717) is 12.4 Å². The summed E-state index contributed by atoms with van der Waals surface area (Å²) in [6.07, 6.45) is 5.37. The molecule has 0 bridgehead atoms. The molecule has 3 rings (SSSR count). The zero-order valence-electron chi connectivity index (χ0n) is 22.7. The molecule has 9 heteroatoms. The molecule has 1 aromatic rings. The van der Waals surface area contributed by atoms with Crippen molar-refractivity contribution in [1.29, 1.82) is 0 Å². The Bertz CT molecular complexity index is 864. The van der Waals surface area contributed by atoms with E-state index in [2.05, 4.69) is 10.6 Å². The van der Waals surface area contributed by atoms with Gasteiger partial charge in [-0.05, 0) is 97.2 Å². The van der Waals surface area contributed by atoms with Crippen molar-refractivity contribution in [3.05, 3.63) is 29.8 Å². The first-order valence-electron chi connectivity index (χ1n) is 12.8. The van der Waals surface area contributed by atoms with Crippen LogP contribution in [0.15, 0.2) is 24.3 Å². The summed E-state index contributed by atoms with van der Waals surface area (Å²) in [4.78, 5) is 23.7. The normalized spacial score (nSPS) is 24.8. The molecule has 1 heterocycles. The monoisotopic (exact) mass is 496 g/mol. The third-order valence-electron chi connectivity index (χ3n) is 6.69. The van der Waals surface area contributed by atoms with Crippen LogP contribution in [0, 0.1) is 0 Å². The number of piperidine rings is 1. The number of carbonyl (C=O) groups is 2. The summed E-state index contributed by atoms with van der Waals surface area (Å²) >= 11 is 0. The van der Waals surface area contributed by atoms with Crippen LogP contribution >= 0.6 is 0 Å². The Labute approximate surface area is 227 Å². The van der Waals surface area contributed by atoms with Crippen molar-refractivity contribution in [1.82, 2.24) is 10.6 Å². The number of hydrogen-bond acceptors (Lipinski definition) is 7. The van der Waals surface area contributed by atoms with Crippen molar-refractivity contribution in [2.24, 2.45) is 0 Å². The Morgan fingerprint density at radius 3 is 2.36 bits per heavy atom. The number of hydrogen-bond donors (Lipinski definition) is 2. The van der Waals surface area contributed by atoms with Gasteiger partial charge in [0.15, 0.2) is 0 Å². The second-order valence-electron chi connectivity index (χ2n) is 11.2. The van der Waals surface area contributed by atoms with Crippen molar-refractivity contribution in [3.8, 4) is 5.75 Å². The van der Waals surface area contributed by atoms with E-state index in [1.54, 1.807) is 0 Å². The minimum Gasteiger partial charge on any atom is -0.546 e. The predicted octanol–water partition coefficient (Wildman–Crippen LogP) is 0.286. The standard InChI is InChI=1S/C27H42N2O6.Li/c1-26(2,3)35-25(32)29-21-10-8-16-28-22(21)17-33-19-14-12-18(13-15-19)20-9-6-7-11-23(20)34-27(4,5)24(30)31;/h6-7,9,11,18-19,21-22,28H,8,10,12-17H2,1-5H3,(H,29,32)(H,30,31);/q;+1/p-1/t18?,19?,21?,22-;/m0./s1. The van der Waals surface area contributed by atoms with Gasteiger partial charge in [0.1, 0.15) is 17.0 Å². The number of para-hydroxylation sites is 1. The van der Waals surface area contributed by atoms with Crippen LogP contribution < -0.4 is 39.3 Å². The summed E-state index contributed by atoms with van der Waals surface area (Å²) in [6.45, 7) is 10.0. The molecular weight excluding hydrogens is 455 g/mol. The van der Waals surface area contributed by atoms with E-state index in [4.69, 9.17) is 14.2 Å². The molecular formula is C27H41LiN2O6. The van der Waals surface area contributed by atoms with Crippen molar-refractivity contribution in [2.45, 2.75) is 108 Å². The van der Waals surface area contributed by atoms with Gasteiger partial charge < -0.3 is 34.7 Å². The molecule has 1 unspecified atom stereocenters.